The molecule has 0 aliphatic carbocycles. The van der Waals surface area contributed by atoms with Gasteiger partial charge in [0.1, 0.15) is 17.2 Å². The third kappa shape index (κ3) is 3.67. The molecule has 0 spiro atoms. The van der Waals surface area contributed by atoms with Crippen molar-refractivity contribution in [2.45, 2.75) is 26.3 Å². The molecule has 0 atom stereocenters. The highest BCUT2D eigenvalue weighted by Gasteiger charge is 2.21. The van der Waals surface area contributed by atoms with Gasteiger partial charge in [-0.3, -0.25) is 9.38 Å². The number of rotatable bonds is 2. The quantitative estimate of drug-likeness (QED) is 0.549. The van der Waals surface area contributed by atoms with Gasteiger partial charge in [0.15, 0.2) is 17.2 Å². The smallest absolute Gasteiger partial charge is 0.178 e. The summed E-state index contributed by atoms with van der Waals surface area (Å²) in [6, 6.07) is 9.34. The number of pyridine rings is 1. The largest absolute Gasteiger partial charge is 0.446 e. The van der Waals surface area contributed by atoms with E-state index in [0.717, 1.165) is 17.2 Å². The molecule has 0 unspecified atom stereocenters. The monoisotopic (exact) mass is 357 g/mol. The highest BCUT2D eigenvalue weighted by molar-refractivity contribution is 5.74. The van der Waals surface area contributed by atoms with Gasteiger partial charge in [-0.1, -0.05) is 6.07 Å². The van der Waals surface area contributed by atoms with E-state index in [1.807, 2.05) is 40.9 Å². The van der Waals surface area contributed by atoms with Crippen LogP contribution in [0, 0.1) is 11.8 Å². The number of hydrogen-bond acceptors (Lipinski definition) is 5. The summed E-state index contributed by atoms with van der Waals surface area (Å²) in [6.45, 7) is 6.30. The van der Waals surface area contributed by atoms with E-state index in [9.17, 15) is 0 Å². The third-order valence-electron chi connectivity index (χ3n) is 3.74. The van der Waals surface area contributed by atoms with Crippen molar-refractivity contribution < 1.29 is 4.42 Å². The Bertz CT molecular complexity index is 1140. The van der Waals surface area contributed by atoms with Crippen LogP contribution in [0.1, 0.15) is 32.2 Å². The first kappa shape index (κ1) is 16.9. The van der Waals surface area contributed by atoms with Gasteiger partial charge in [0.25, 0.3) is 0 Å². The molecule has 1 N–H and O–H groups in total. The summed E-state index contributed by atoms with van der Waals surface area (Å²) in [7, 11) is 0. The van der Waals surface area contributed by atoms with Crippen LogP contribution in [0.4, 0.5) is 5.82 Å². The summed E-state index contributed by atoms with van der Waals surface area (Å²) in [4.78, 5) is 13.0. The van der Waals surface area contributed by atoms with Crippen molar-refractivity contribution in [1.29, 1.82) is 0 Å². The van der Waals surface area contributed by atoms with E-state index >= 15 is 0 Å². The SMILES string of the molecule is CC(C)(C)Nc1c(-c2ccc(C#Cc3ccccn3)o2)nc2cnccn12. The highest BCUT2D eigenvalue weighted by Crippen LogP contribution is 2.31. The van der Waals surface area contributed by atoms with Gasteiger partial charge >= 0.3 is 0 Å². The molecule has 0 saturated carbocycles. The van der Waals surface area contributed by atoms with Crippen LogP contribution < -0.4 is 5.32 Å². The summed E-state index contributed by atoms with van der Waals surface area (Å²) >= 11 is 0. The van der Waals surface area contributed by atoms with Crippen molar-refractivity contribution in [3.63, 3.8) is 0 Å². The zero-order valence-electron chi connectivity index (χ0n) is 15.4. The Balaban J connectivity index is 1.74. The number of anilines is 1. The van der Waals surface area contributed by atoms with Gasteiger partial charge in [-0.25, -0.2) is 9.97 Å². The van der Waals surface area contributed by atoms with Gasteiger partial charge in [-0.05, 0) is 56.9 Å². The first-order valence-electron chi connectivity index (χ1n) is 8.63. The van der Waals surface area contributed by atoms with Crippen LogP contribution in [0.5, 0.6) is 0 Å². The molecule has 0 saturated heterocycles. The van der Waals surface area contributed by atoms with Gasteiger partial charge in [-0.15, -0.1) is 0 Å². The number of fused-ring (bicyclic) bond motifs is 1. The maximum absolute atomic E-state index is 5.94. The van der Waals surface area contributed by atoms with Crippen LogP contribution in [-0.4, -0.2) is 24.9 Å². The average molecular weight is 357 g/mol. The number of hydrogen-bond donors (Lipinski definition) is 1. The zero-order valence-corrected chi connectivity index (χ0v) is 15.4. The fourth-order valence-electron chi connectivity index (χ4n) is 2.65. The van der Waals surface area contributed by atoms with Crippen LogP contribution in [0.2, 0.25) is 0 Å². The van der Waals surface area contributed by atoms with Crippen molar-refractivity contribution in [2.75, 3.05) is 5.32 Å². The minimum absolute atomic E-state index is 0.137. The highest BCUT2D eigenvalue weighted by atomic mass is 16.3. The van der Waals surface area contributed by atoms with E-state index in [2.05, 4.69) is 52.9 Å². The van der Waals surface area contributed by atoms with Crippen molar-refractivity contribution in [2.24, 2.45) is 0 Å². The predicted octanol–water partition coefficient (Wildman–Crippen LogP) is 3.99. The first-order chi connectivity index (χ1) is 13.0. The molecule has 0 aliphatic rings. The minimum atomic E-state index is -0.137. The molecule has 6 nitrogen and oxygen atoms in total. The minimum Gasteiger partial charge on any atom is -0.446 e. The van der Waals surface area contributed by atoms with Gasteiger partial charge in [0.05, 0.1) is 6.20 Å². The van der Waals surface area contributed by atoms with Crippen molar-refractivity contribution in [3.05, 3.63) is 66.6 Å². The number of aromatic nitrogens is 4. The molecule has 27 heavy (non-hydrogen) atoms. The number of nitrogens with one attached hydrogen (secondary N) is 1. The summed E-state index contributed by atoms with van der Waals surface area (Å²) in [5.74, 6) is 8.08. The van der Waals surface area contributed by atoms with Crippen LogP contribution in [0.3, 0.4) is 0 Å². The Morgan fingerprint density at radius 1 is 1.07 bits per heavy atom. The van der Waals surface area contributed by atoms with Crippen LogP contribution in [0.25, 0.3) is 17.1 Å². The Kier molecular flexibility index (Phi) is 4.13. The van der Waals surface area contributed by atoms with Crippen LogP contribution in [-0.2, 0) is 0 Å². The molecule has 6 heteroatoms. The predicted molar refractivity (Wildman–Crippen MR) is 104 cm³/mol. The fraction of sp³-hybridized carbons (Fsp3) is 0.190. The maximum Gasteiger partial charge on any atom is 0.178 e. The molecule has 4 heterocycles. The molecule has 4 aromatic rings. The number of imidazole rings is 1. The summed E-state index contributed by atoms with van der Waals surface area (Å²) in [5.41, 5.74) is 2.03. The van der Waals surface area contributed by atoms with Crippen molar-refractivity contribution >= 4 is 11.5 Å². The van der Waals surface area contributed by atoms with Gasteiger partial charge in [0, 0.05) is 24.1 Å². The lowest BCUT2D eigenvalue weighted by Crippen LogP contribution is -2.27. The number of furan rings is 1. The summed E-state index contributed by atoms with van der Waals surface area (Å²) in [6.07, 6.45) is 7.05. The van der Waals surface area contributed by atoms with Crippen molar-refractivity contribution in [1.82, 2.24) is 19.4 Å². The standard InChI is InChI=1S/C21H19N5O/c1-21(2,3)25-20-19(24-18-14-22-12-13-26(18)20)17-10-9-16(27-17)8-7-15-6-4-5-11-23-15/h4-6,9-14,25H,1-3H3. The third-order valence-corrected chi connectivity index (χ3v) is 3.74. The Morgan fingerprint density at radius 2 is 1.96 bits per heavy atom. The number of nitrogens with zero attached hydrogens (tertiary/aromatic N) is 4. The second-order valence-electron chi connectivity index (χ2n) is 7.12. The molecule has 0 amide bonds. The van der Waals surface area contributed by atoms with E-state index in [1.54, 1.807) is 18.6 Å². The molecule has 0 bridgehead atoms. The average Bonchev–Trinajstić information content (AvgIpc) is 3.25. The first-order valence-corrected chi connectivity index (χ1v) is 8.63. The molecule has 0 aromatic carbocycles. The molecule has 134 valence electrons. The van der Waals surface area contributed by atoms with Gasteiger partial charge < -0.3 is 9.73 Å². The van der Waals surface area contributed by atoms with E-state index in [-0.39, 0.29) is 5.54 Å². The van der Waals surface area contributed by atoms with Crippen LogP contribution in [0.15, 0.2) is 59.5 Å². The lowest BCUT2D eigenvalue weighted by Gasteiger charge is -2.22. The summed E-state index contributed by atoms with van der Waals surface area (Å²) < 4.78 is 7.91. The van der Waals surface area contributed by atoms with E-state index in [4.69, 9.17) is 4.42 Å². The van der Waals surface area contributed by atoms with Crippen molar-refractivity contribution in [3.8, 4) is 23.3 Å². The molecule has 4 rings (SSSR count). The Morgan fingerprint density at radius 3 is 2.74 bits per heavy atom. The second-order valence-corrected chi connectivity index (χ2v) is 7.12. The normalized spacial score (nSPS) is 11.2. The molecule has 4 aromatic heterocycles. The lowest BCUT2D eigenvalue weighted by atomic mass is 10.1. The molecule has 0 radical (unpaired) electrons. The topological polar surface area (TPSA) is 68.2 Å². The van der Waals surface area contributed by atoms with Gasteiger partial charge in [0.2, 0.25) is 0 Å². The molecule has 0 fully saturated rings. The molecular formula is C21H19N5O. The van der Waals surface area contributed by atoms with Crippen LogP contribution >= 0.6 is 0 Å². The lowest BCUT2D eigenvalue weighted by molar-refractivity contribution is 0.566. The van der Waals surface area contributed by atoms with E-state index in [1.165, 1.54) is 0 Å². The molecule has 0 aliphatic heterocycles. The molecular weight excluding hydrogens is 338 g/mol. The van der Waals surface area contributed by atoms with Gasteiger partial charge in [-0.2, -0.15) is 0 Å². The fourth-order valence-corrected chi connectivity index (χ4v) is 2.65. The zero-order chi connectivity index (χ0) is 18.9. The van der Waals surface area contributed by atoms with E-state index < -0.39 is 0 Å². The Labute approximate surface area is 157 Å². The maximum atomic E-state index is 5.94. The summed E-state index contributed by atoms with van der Waals surface area (Å²) in [5, 5.41) is 3.50. The Hall–Kier alpha value is -3.59. The van der Waals surface area contributed by atoms with E-state index in [0.29, 0.717) is 17.2 Å². The second kappa shape index (κ2) is 6.61.